The number of ether oxygens (including phenoxy) is 1. The molecule has 1 heterocycles. The van der Waals surface area contributed by atoms with Crippen molar-refractivity contribution in [3.05, 3.63) is 0 Å². The van der Waals surface area contributed by atoms with Crippen molar-refractivity contribution in [2.24, 2.45) is 0 Å². The van der Waals surface area contributed by atoms with Crippen LogP contribution < -0.4 is 0 Å². The minimum atomic E-state index is -1.65. The van der Waals surface area contributed by atoms with E-state index in [2.05, 4.69) is 4.74 Å². The second-order valence-electron chi connectivity index (χ2n) is 3.03. The number of hydrogen-bond acceptors (Lipinski definition) is 6. The summed E-state index contributed by atoms with van der Waals surface area (Å²) < 4.78 is 4.59. The fourth-order valence-electron chi connectivity index (χ4n) is 1.20. The number of hydrogen-bond donors (Lipinski definition) is 4. The van der Waals surface area contributed by atoms with Crippen LogP contribution in [0.5, 0.6) is 0 Å². The molecule has 1 rings (SSSR count). The van der Waals surface area contributed by atoms with Crippen LogP contribution in [0.1, 0.15) is 6.92 Å². The minimum Gasteiger partial charge on any atom is -0.387 e. The van der Waals surface area contributed by atoms with Crippen LogP contribution in [0.2, 0.25) is 0 Å². The third-order valence-corrected chi connectivity index (χ3v) is 1.99. The zero-order valence-electron chi connectivity index (χ0n) is 6.99. The highest BCUT2D eigenvalue weighted by Crippen LogP contribution is 2.20. The Morgan fingerprint density at radius 2 is 1.62 bits per heavy atom. The summed E-state index contributed by atoms with van der Waals surface area (Å²) in [6.45, 7) is 1.16. The smallest absolute Gasteiger partial charge is 0.184 e. The van der Waals surface area contributed by atoms with Crippen molar-refractivity contribution >= 4 is 5.78 Å². The number of aliphatic hydroxyl groups excluding tert-OH is 4. The molecule has 1 fully saturated rings. The Hall–Kier alpha value is -0.530. The Labute approximate surface area is 74.4 Å². The summed E-state index contributed by atoms with van der Waals surface area (Å²) in [4.78, 5) is 10.8. The fraction of sp³-hybridized carbons (Fsp3) is 0.857. The van der Waals surface area contributed by atoms with E-state index in [0.29, 0.717) is 0 Å². The Morgan fingerprint density at radius 3 is 2.08 bits per heavy atom. The van der Waals surface area contributed by atoms with Crippen molar-refractivity contribution in [1.82, 2.24) is 0 Å². The zero-order chi connectivity index (χ0) is 10.2. The first-order valence-electron chi connectivity index (χ1n) is 3.83. The molecule has 0 amide bonds. The van der Waals surface area contributed by atoms with Gasteiger partial charge in [0.25, 0.3) is 0 Å². The summed E-state index contributed by atoms with van der Waals surface area (Å²) in [5.74, 6) is -0.516. The van der Waals surface area contributed by atoms with Crippen molar-refractivity contribution in [1.29, 1.82) is 0 Å². The predicted octanol–water partition coefficient (Wildman–Crippen LogP) is -2.62. The molecule has 1 aliphatic rings. The van der Waals surface area contributed by atoms with E-state index in [1.807, 2.05) is 0 Å². The molecule has 0 aromatic heterocycles. The molecular formula is C7H12O6. The van der Waals surface area contributed by atoms with Gasteiger partial charge in [0.05, 0.1) is 0 Å². The normalized spacial score (nSPS) is 46.1. The van der Waals surface area contributed by atoms with Gasteiger partial charge in [0, 0.05) is 0 Å². The van der Waals surface area contributed by atoms with Gasteiger partial charge >= 0.3 is 0 Å². The summed E-state index contributed by atoms with van der Waals surface area (Å²) in [6.07, 6.45) is -7.60. The van der Waals surface area contributed by atoms with Gasteiger partial charge in [-0.1, -0.05) is 0 Å². The van der Waals surface area contributed by atoms with E-state index in [0.717, 1.165) is 6.92 Å². The quantitative estimate of drug-likeness (QED) is 0.362. The highest BCUT2D eigenvalue weighted by molar-refractivity contribution is 5.81. The SMILES string of the molecule is CC(=O)[C@H]1O[C@@H](O)[C@H](O)[C@H](O)[C@H]1O. The van der Waals surface area contributed by atoms with Crippen LogP contribution in [-0.2, 0) is 9.53 Å². The average Bonchev–Trinajstić information content (AvgIpc) is 2.07. The van der Waals surface area contributed by atoms with Crippen molar-refractivity contribution in [2.75, 3.05) is 0 Å². The number of Topliss-reactive ketones (excluding diaryl/α,β-unsaturated/α-hetero) is 1. The lowest BCUT2D eigenvalue weighted by Crippen LogP contribution is -2.59. The van der Waals surface area contributed by atoms with Crippen molar-refractivity contribution in [2.45, 2.75) is 37.6 Å². The number of rotatable bonds is 1. The molecule has 5 atom stereocenters. The highest BCUT2D eigenvalue weighted by Gasteiger charge is 2.44. The molecule has 0 bridgehead atoms. The van der Waals surface area contributed by atoms with E-state index in [4.69, 9.17) is 15.3 Å². The summed E-state index contributed by atoms with van der Waals surface area (Å²) in [6, 6.07) is 0. The maximum Gasteiger partial charge on any atom is 0.184 e. The van der Waals surface area contributed by atoms with Crippen molar-refractivity contribution in [3.8, 4) is 0 Å². The molecular weight excluding hydrogens is 180 g/mol. The molecule has 6 nitrogen and oxygen atoms in total. The second kappa shape index (κ2) is 3.69. The molecule has 0 aromatic rings. The molecule has 13 heavy (non-hydrogen) atoms. The number of carbonyl (C=O) groups is 1. The molecule has 4 N–H and O–H groups in total. The number of carbonyl (C=O) groups excluding carboxylic acids is 1. The summed E-state index contributed by atoms with van der Waals surface area (Å²) >= 11 is 0. The first kappa shape index (κ1) is 10.6. The van der Waals surface area contributed by atoms with Crippen LogP contribution in [-0.4, -0.2) is 56.9 Å². The van der Waals surface area contributed by atoms with E-state index in [1.165, 1.54) is 0 Å². The second-order valence-corrected chi connectivity index (χ2v) is 3.03. The molecule has 0 aliphatic carbocycles. The highest BCUT2D eigenvalue weighted by atomic mass is 16.6. The van der Waals surface area contributed by atoms with Gasteiger partial charge in [-0.3, -0.25) is 4.79 Å². The van der Waals surface area contributed by atoms with Gasteiger partial charge in [-0.15, -0.1) is 0 Å². The van der Waals surface area contributed by atoms with Crippen LogP contribution in [0.25, 0.3) is 0 Å². The molecule has 76 valence electrons. The van der Waals surface area contributed by atoms with E-state index < -0.39 is 36.5 Å². The standard InChI is InChI=1S/C7H12O6/c1-2(8)6-4(10)3(9)5(11)7(12)13-6/h3-7,9-12H,1H3/t3-,4-,5-,6-,7-/m1/s1. The molecule has 6 heteroatoms. The Kier molecular flexibility index (Phi) is 2.99. The molecule has 0 spiro atoms. The van der Waals surface area contributed by atoms with Gasteiger partial charge in [-0.05, 0) is 6.92 Å². The Bertz CT molecular complexity index is 205. The largest absolute Gasteiger partial charge is 0.387 e. The van der Waals surface area contributed by atoms with Crippen LogP contribution >= 0.6 is 0 Å². The van der Waals surface area contributed by atoms with Crippen LogP contribution in [0, 0.1) is 0 Å². The van der Waals surface area contributed by atoms with Crippen LogP contribution in [0.3, 0.4) is 0 Å². The molecule has 1 saturated heterocycles. The topological polar surface area (TPSA) is 107 Å². The first-order chi connectivity index (χ1) is 5.95. The Morgan fingerprint density at radius 1 is 1.08 bits per heavy atom. The molecule has 0 unspecified atom stereocenters. The molecule has 0 saturated carbocycles. The summed E-state index contributed by atoms with van der Waals surface area (Å²) in [5, 5.41) is 36.4. The number of ketones is 1. The van der Waals surface area contributed by atoms with E-state index in [1.54, 1.807) is 0 Å². The van der Waals surface area contributed by atoms with E-state index >= 15 is 0 Å². The lowest BCUT2D eigenvalue weighted by molar-refractivity contribution is -0.274. The Balaban J connectivity index is 2.76. The third kappa shape index (κ3) is 1.87. The lowest BCUT2D eigenvalue weighted by Gasteiger charge is -2.37. The number of aliphatic hydroxyl groups is 4. The average molecular weight is 192 g/mol. The van der Waals surface area contributed by atoms with E-state index in [9.17, 15) is 9.90 Å². The predicted molar refractivity (Wildman–Crippen MR) is 39.6 cm³/mol. The summed E-state index contributed by atoms with van der Waals surface area (Å²) in [5.41, 5.74) is 0. The van der Waals surface area contributed by atoms with Crippen LogP contribution in [0.15, 0.2) is 0 Å². The minimum absolute atomic E-state index is 0.516. The van der Waals surface area contributed by atoms with Gasteiger partial charge in [-0.25, -0.2) is 0 Å². The van der Waals surface area contributed by atoms with Crippen LogP contribution in [0.4, 0.5) is 0 Å². The van der Waals surface area contributed by atoms with Gasteiger partial charge < -0.3 is 25.2 Å². The lowest BCUT2D eigenvalue weighted by atomic mass is 9.97. The third-order valence-electron chi connectivity index (χ3n) is 1.99. The monoisotopic (exact) mass is 192 g/mol. The maximum absolute atomic E-state index is 10.8. The molecule has 0 aromatic carbocycles. The maximum atomic E-state index is 10.8. The fourth-order valence-corrected chi connectivity index (χ4v) is 1.20. The summed E-state index contributed by atoms with van der Waals surface area (Å²) in [7, 11) is 0. The first-order valence-corrected chi connectivity index (χ1v) is 3.83. The molecule has 1 aliphatic heterocycles. The van der Waals surface area contributed by atoms with Crippen molar-refractivity contribution in [3.63, 3.8) is 0 Å². The van der Waals surface area contributed by atoms with Gasteiger partial charge in [-0.2, -0.15) is 0 Å². The van der Waals surface area contributed by atoms with Gasteiger partial charge in [0.1, 0.15) is 24.4 Å². The molecule has 0 radical (unpaired) electrons. The zero-order valence-corrected chi connectivity index (χ0v) is 6.99. The van der Waals surface area contributed by atoms with Gasteiger partial charge in [0.2, 0.25) is 0 Å². The van der Waals surface area contributed by atoms with E-state index in [-0.39, 0.29) is 0 Å². The van der Waals surface area contributed by atoms with Gasteiger partial charge in [0.15, 0.2) is 12.1 Å². The van der Waals surface area contributed by atoms with Crippen molar-refractivity contribution < 1.29 is 30.0 Å².